The molecular formula is C16H17ClN2O. The van der Waals surface area contributed by atoms with Gasteiger partial charge >= 0.3 is 0 Å². The molecule has 0 spiro atoms. The molecule has 2 aromatic carbocycles. The second-order valence-electron chi connectivity index (χ2n) is 4.57. The summed E-state index contributed by atoms with van der Waals surface area (Å²) < 4.78 is 0. The van der Waals surface area contributed by atoms with Gasteiger partial charge in [-0.1, -0.05) is 41.9 Å². The van der Waals surface area contributed by atoms with Crippen LogP contribution < -0.4 is 10.6 Å². The largest absolute Gasteiger partial charge is 0.325 e. The maximum Gasteiger partial charge on any atom is 0.238 e. The average molecular weight is 289 g/mol. The molecular weight excluding hydrogens is 272 g/mol. The van der Waals surface area contributed by atoms with E-state index in [-0.39, 0.29) is 18.5 Å². The molecule has 0 unspecified atom stereocenters. The standard InChI is InChI=1S/C16H17ClN2O/c1-12(13-6-5-7-14(17)10-13)18-11-16(20)19-15-8-3-2-4-9-15/h2-10,12,18H,11H2,1H3,(H,19,20)/t12-/m0/s1. The van der Waals surface area contributed by atoms with Gasteiger partial charge in [-0.15, -0.1) is 0 Å². The van der Waals surface area contributed by atoms with Crippen LogP contribution in [0.2, 0.25) is 5.02 Å². The van der Waals surface area contributed by atoms with Crippen LogP contribution in [0.25, 0.3) is 0 Å². The number of hydrogen-bond donors (Lipinski definition) is 2. The fourth-order valence-electron chi connectivity index (χ4n) is 1.87. The average Bonchev–Trinajstić information content (AvgIpc) is 2.46. The third-order valence-electron chi connectivity index (χ3n) is 2.98. The summed E-state index contributed by atoms with van der Waals surface area (Å²) in [5.74, 6) is -0.0647. The third kappa shape index (κ3) is 4.37. The van der Waals surface area contributed by atoms with Gasteiger partial charge in [-0.05, 0) is 36.8 Å². The van der Waals surface area contributed by atoms with Gasteiger partial charge in [0.25, 0.3) is 0 Å². The molecule has 0 aliphatic heterocycles. The Hall–Kier alpha value is -1.84. The van der Waals surface area contributed by atoms with Crippen molar-refractivity contribution in [2.75, 3.05) is 11.9 Å². The molecule has 0 radical (unpaired) electrons. The van der Waals surface area contributed by atoms with Gasteiger partial charge in [0, 0.05) is 16.8 Å². The summed E-state index contributed by atoms with van der Waals surface area (Å²) in [4.78, 5) is 11.8. The number of para-hydroxylation sites is 1. The van der Waals surface area contributed by atoms with Crippen LogP contribution in [0.1, 0.15) is 18.5 Å². The van der Waals surface area contributed by atoms with E-state index in [0.29, 0.717) is 5.02 Å². The molecule has 1 amide bonds. The molecule has 20 heavy (non-hydrogen) atoms. The van der Waals surface area contributed by atoms with Gasteiger partial charge in [-0.25, -0.2) is 0 Å². The summed E-state index contributed by atoms with van der Waals surface area (Å²) >= 11 is 5.95. The molecule has 0 aliphatic carbocycles. The van der Waals surface area contributed by atoms with Crippen molar-refractivity contribution < 1.29 is 4.79 Å². The normalized spacial score (nSPS) is 11.9. The van der Waals surface area contributed by atoms with Gasteiger partial charge in [0.05, 0.1) is 6.54 Å². The lowest BCUT2D eigenvalue weighted by Crippen LogP contribution is -2.30. The molecule has 2 aromatic rings. The first kappa shape index (κ1) is 14.6. The highest BCUT2D eigenvalue weighted by Crippen LogP contribution is 2.17. The summed E-state index contributed by atoms with van der Waals surface area (Å²) in [6, 6.07) is 17.1. The van der Waals surface area contributed by atoms with E-state index in [1.54, 1.807) is 0 Å². The number of halogens is 1. The zero-order chi connectivity index (χ0) is 14.4. The van der Waals surface area contributed by atoms with Crippen LogP contribution in [-0.4, -0.2) is 12.5 Å². The van der Waals surface area contributed by atoms with Crippen molar-refractivity contribution in [3.8, 4) is 0 Å². The minimum atomic E-state index is -0.0647. The summed E-state index contributed by atoms with van der Waals surface area (Å²) in [6.07, 6.45) is 0. The van der Waals surface area contributed by atoms with Crippen LogP contribution in [-0.2, 0) is 4.79 Å². The van der Waals surface area contributed by atoms with Crippen LogP contribution in [0.4, 0.5) is 5.69 Å². The SMILES string of the molecule is C[C@H](NCC(=O)Nc1ccccc1)c1cccc(Cl)c1. The third-order valence-corrected chi connectivity index (χ3v) is 3.21. The Morgan fingerprint density at radius 2 is 1.90 bits per heavy atom. The fraction of sp³-hybridized carbons (Fsp3) is 0.188. The number of anilines is 1. The number of hydrogen-bond acceptors (Lipinski definition) is 2. The van der Waals surface area contributed by atoms with Gasteiger partial charge in [0.15, 0.2) is 0 Å². The number of carbonyl (C=O) groups excluding carboxylic acids is 1. The van der Waals surface area contributed by atoms with Crippen molar-refractivity contribution in [3.63, 3.8) is 0 Å². The maximum atomic E-state index is 11.8. The van der Waals surface area contributed by atoms with Crippen molar-refractivity contribution in [3.05, 3.63) is 65.2 Å². The van der Waals surface area contributed by atoms with Crippen LogP contribution in [0.15, 0.2) is 54.6 Å². The molecule has 2 N–H and O–H groups in total. The lowest BCUT2D eigenvalue weighted by atomic mass is 10.1. The van der Waals surface area contributed by atoms with E-state index in [1.165, 1.54) is 0 Å². The van der Waals surface area contributed by atoms with Gasteiger partial charge in [0.2, 0.25) is 5.91 Å². The molecule has 0 saturated heterocycles. The summed E-state index contributed by atoms with van der Waals surface area (Å²) in [7, 11) is 0. The lowest BCUT2D eigenvalue weighted by molar-refractivity contribution is -0.115. The van der Waals surface area contributed by atoms with E-state index in [4.69, 9.17) is 11.6 Å². The van der Waals surface area contributed by atoms with Crippen molar-refractivity contribution >= 4 is 23.2 Å². The Labute approximate surface area is 124 Å². The number of carbonyl (C=O) groups is 1. The second kappa shape index (κ2) is 7.08. The molecule has 4 heteroatoms. The van der Waals surface area contributed by atoms with Crippen molar-refractivity contribution in [1.29, 1.82) is 0 Å². The van der Waals surface area contributed by atoms with Crippen molar-refractivity contribution in [2.24, 2.45) is 0 Å². The highest BCUT2D eigenvalue weighted by molar-refractivity contribution is 6.30. The van der Waals surface area contributed by atoms with Crippen molar-refractivity contribution in [2.45, 2.75) is 13.0 Å². The minimum absolute atomic E-state index is 0.0647. The minimum Gasteiger partial charge on any atom is -0.325 e. The van der Waals surface area contributed by atoms with Gasteiger partial charge in [-0.2, -0.15) is 0 Å². The van der Waals surface area contributed by atoms with Gasteiger partial charge in [0.1, 0.15) is 0 Å². The van der Waals surface area contributed by atoms with Crippen LogP contribution in [0.5, 0.6) is 0 Å². The van der Waals surface area contributed by atoms with E-state index >= 15 is 0 Å². The second-order valence-corrected chi connectivity index (χ2v) is 5.01. The van der Waals surface area contributed by atoms with Crippen molar-refractivity contribution in [1.82, 2.24) is 5.32 Å². The molecule has 0 aromatic heterocycles. The monoisotopic (exact) mass is 288 g/mol. The fourth-order valence-corrected chi connectivity index (χ4v) is 2.06. The van der Waals surface area contributed by atoms with E-state index in [1.807, 2.05) is 61.5 Å². The molecule has 0 heterocycles. The molecule has 104 valence electrons. The Morgan fingerprint density at radius 3 is 2.60 bits per heavy atom. The Kier molecular flexibility index (Phi) is 5.16. The predicted octanol–water partition coefficient (Wildman–Crippen LogP) is 3.63. The van der Waals surface area contributed by atoms with Gasteiger partial charge in [-0.3, -0.25) is 4.79 Å². The van der Waals surface area contributed by atoms with E-state index < -0.39 is 0 Å². The first-order valence-electron chi connectivity index (χ1n) is 6.49. The number of rotatable bonds is 5. The Morgan fingerprint density at radius 1 is 1.15 bits per heavy atom. The zero-order valence-corrected chi connectivity index (χ0v) is 12.0. The predicted molar refractivity (Wildman–Crippen MR) is 82.9 cm³/mol. The molecule has 1 atom stereocenters. The first-order valence-corrected chi connectivity index (χ1v) is 6.86. The summed E-state index contributed by atoms with van der Waals surface area (Å²) in [5.41, 5.74) is 1.86. The molecule has 0 bridgehead atoms. The Balaban J connectivity index is 1.84. The lowest BCUT2D eigenvalue weighted by Gasteiger charge is -2.14. The number of nitrogens with one attached hydrogen (secondary N) is 2. The number of amides is 1. The highest BCUT2D eigenvalue weighted by Gasteiger charge is 2.08. The number of benzene rings is 2. The molecule has 2 rings (SSSR count). The Bertz CT molecular complexity index is 572. The summed E-state index contributed by atoms with van der Waals surface area (Å²) in [6.45, 7) is 2.25. The molecule has 0 aliphatic rings. The van der Waals surface area contributed by atoms with Gasteiger partial charge < -0.3 is 10.6 Å². The van der Waals surface area contributed by atoms with Crippen LogP contribution >= 0.6 is 11.6 Å². The molecule has 0 saturated carbocycles. The molecule has 0 fully saturated rings. The van der Waals surface area contributed by atoms with Crippen LogP contribution in [0, 0.1) is 0 Å². The van der Waals surface area contributed by atoms with E-state index in [0.717, 1.165) is 11.3 Å². The topological polar surface area (TPSA) is 41.1 Å². The smallest absolute Gasteiger partial charge is 0.238 e. The van der Waals surface area contributed by atoms with Crippen LogP contribution in [0.3, 0.4) is 0 Å². The molecule has 3 nitrogen and oxygen atoms in total. The maximum absolute atomic E-state index is 11.8. The highest BCUT2D eigenvalue weighted by atomic mass is 35.5. The summed E-state index contributed by atoms with van der Waals surface area (Å²) in [5, 5.41) is 6.71. The quantitative estimate of drug-likeness (QED) is 0.882. The first-order chi connectivity index (χ1) is 9.65. The van der Waals surface area contributed by atoms with E-state index in [9.17, 15) is 4.79 Å². The zero-order valence-electron chi connectivity index (χ0n) is 11.3. The van der Waals surface area contributed by atoms with E-state index in [2.05, 4.69) is 10.6 Å².